The van der Waals surface area contributed by atoms with Crippen LogP contribution in [0.5, 0.6) is 23.0 Å². The quantitative estimate of drug-likeness (QED) is 0.0262. The fourth-order valence-corrected chi connectivity index (χ4v) is 7.74. The normalized spacial score (nSPS) is 12.5. The standard InChI is InChI=1S/C56H60N6O12/c63-47-25-13-23-41(49(47)65)51(67)59-45(35-39-19-9-3-10-20-39)55(71)61-43(33-37-15-5-1-6-16-37)53(69)57-27-29-73-31-32-74-30-28-58-54(70)44(34-38-17-7-2-8-18-38)62-56(72)46(36-40-21-11-4-12-22-40)60-52(68)42-24-14-26-48(64)50(42)66/h1-26,43-46,63-66H,27-36H2,(H,57,69)(H,58,70)(H,59,67)(H,60,68)(H,61,71)(H,62,72)/t43-,44-,45+,46+/m0/s1. The van der Waals surface area contributed by atoms with Gasteiger partial charge in [0.15, 0.2) is 23.0 Å². The molecule has 0 spiro atoms. The van der Waals surface area contributed by atoms with Gasteiger partial charge >= 0.3 is 0 Å². The Balaban J connectivity index is 0.976. The van der Waals surface area contributed by atoms with Crippen LogP contribution in [0.25, 0.3) is 0 Å². The summed E-state index contributed by atoms with van der Waals surface area (Å²) in [5.74, 6) is -6.18. The number of amides is 6. The number of hydrogen-bond donors (Lipinski definition) is 10. The predicted octanol–water partition coefficient (Wildman–Crippen LogP) is 3.61. The van der Waals surface area contributed by atoms with Gasteiger partial charge in [0.25, 0.3) is 11.8 Å². The van der Waals surface area contributed by atoms with Crippen molar-refractivity contribution in [3.63, 3.8) is 0 Å². The van der Waals surface area contributed by atoms with E-state index < -0.39 is 82.6 Å². The van der Waals surface area contributed by atoms with Gasteiger partial charge in [-0.2, -0.15) is 0 Å². The van der Waals surface area contributed by atoms with E-state index in [2.05, 4.69) is 31.9 Å². The van der Waals surface area contributed by atoms with Crippen LogP contribution in [0.2, 0.25) is 0 Å². The van der Waals surface area contributed by atoms with Crippen LogP contribution in [-0.4, -0.2) is 120 Å². The van der Waals surface area contributed by atoms with E-state index in [1.54, 1.807) is 48.5 Å². The number of benzene rings is 6. The number of phenolic OH excluding ortho intramolecular Hbond substituents is 4. The van der Waals surface area contributed by atoms with E-state index in [0.717, 1.165) is 22.3 Å². The van der Waals surface area contributed by atoms with Crippen molar-refractivity contribution >= 4 is 35.4 Å². The van der Waals surface area contributed by atoms with Crippen molar-refractivity contribution in [2.24, 2.45) is 0 Å². The van der Waals surface area contributed by atoms with Crippen molar-refractivity contribution in [1.82, 2.24) is 31.9 Å². The van der Waals surface area contributed by atoms with E-state index in [9.17, 15) is 49.2 Å². The van der Waals surface area contributed by atoms with E-state index in [1.807, 2.05) is 72.8 Å². The Labute approximate surface area is 428 Å². The molecule has 0 aliphatic heterocycles. The lowest BCUT2D eigenvalue weighted by Crippen LogP contribution is -2.55. The molecule has 0 fully saturated rings. The first-order valence-electron chi connectivity index (χ1n) is 24.0. The maximum atomic E-state index is 13.9. The third-order valence-corrected chi connectivity index (χ3v) is 11.6. The van der Waals surface area contributed by atoms with Crippen LogP contribution in [0, 0.1) is 0 Å². The molecule has 0 saturated heterocycles. The molecule has 74 heavy (non-hydrogen) atoms. The molecule has 6 aromatic rings. The maximum absolute atomic E-state index is 13.9. The van der Waals surface area contributed by atoms with Crippen LogP contribution >= 0.6 is 0 Å². The van der Waals surface area contributed by atoms with E-state index in [4.69, 9.17) is 9.47 Å². The zero-order valence-electron chi connectivity index (χ0n) is 40.4. The summed E-state index contributed by atoms with van der Waals surface area (Å²) < 4.78 is 11.4. The average Bonchev–Trinajstić information content (AvgIpc) is 3.40. The fourth-order valence-electron chi connectivity index (χ4n) is 7.74. The van der Waals surface area contributed by atoms with Gasteiger partial charge in [-0.1, -0.05) is 133 Å². The van der Waals surface area contributed by atoms with Crippen LogP contribution in [0.4, 0.5) is 0 Å². The number of nitrogens with one attached hydrogen (secondary N) is 6. The number of carbonyl (C=O) groups excluding carboxylic acids is 6. The predicted molar refractivity (Wildman–Crippen MR) is 274 cm³/mol. The molecule has 18 nitrogen and oxygen atoms in total. The molecule has 6 rings (SSSR count). The average molecular weight is 1010 g/mol. The summed E-state index contributed by atoms with van der Waals surface area (Å²) in [6.45, 7) is 0.648. The molecule has 0 radical (unpaired) electrons. The minimum absolute atomic E-state index is 0.0584. The van der Waals surface area contributed by atoms with E-state index in [-0.39, 0.29) is 76.3 Å². The molecule has 0 aromatic heterocycles. The first-order chi connectivity index (χ1) is 35.9. The minimum Gasteiger partial charge on any atom is -0.504 e. The number of ether oxygens (including phenoxy) is 2. The first-order valence-corrected chi connectivity index (χ1v) is 24.0. The summed E-state index contributed by atoms with van der Waals surface area (Å²) in [5, 5.41) is 57.1. The lowest BCUT2D eigenvalue weighted by atomic mass is 10.0. The van der Waals surface area contributed by atoms with E-state index >= 15 is 0 Å². The number of rotatable bonds is 27. The van der Waals surface area contributed by atoms with Gasteiger partial charge in [0.2, 0.25) is 23.6 Å². The van der Waals surface area contributed by atoms with Crippen LogP contribution in [0.15, 0.2) is 158 Å². The van der Waals surface area contributed by atoms with Gasteiger partial charge in [0.1, 0.15) is 24.2 Å². The third-order valence-electron chi connectivity index (χ3n) is 11.6. The topological polar surface area (TPSA) is 274 Å². The van der Waals surface area contributed by atoms with Gasteiger partial charge in [0.05, 0.1) is 37.6 Å². The number of carbonyl (C=O) groups is 6. The monoisotopic (exact) mass is 1010 g/mol. The highest BCUT2D eigenvalue weighted by molar-refractivity contribution is 6.02. The number of para-hydroxylation sites is 2. The second-order valence-electron chi connectivity index (χ2n) is 17.1. The number of hydrogen-bond acceptors (Lipinski definition) is 12. The van der Waals surface area contributed by atoms with Gasteiger partial charge in [-0.25, -0.2) is 0 Å². The van der Waals surface area contributed by atoms with Crippen LogP contribution < -0.4 is 31.9 Å². The van der Waals surface area contributed by atoms with Crippen molar-refractivity contribution in [2.75, 3.05) is 39.5 Å². The first kappa shape index (κ1) is 54.6. The molecular weight excluding hydrogens is 949 g/mol. The summed E-state index contributed by atoms with van der Waals surface area (Å²) in [6, 6.07) is 39.4. The maximum Gasteiger partial charge on any atom is 0.255 e. The molecule has 0 bridgehead atoms. The van der Waals surface area contributed by atoms with Gasteiger partial charge < -0.3 is 61.8 Å². The van der Waals surface area contributed by atoms with Gasteiger partial charge in [-0.05, 0) is 46.5 Å². The molecular formula is C56H60N6O12. The molecule has 0 aliphatic carbocycles. The molecule has 386 valence electrons. The lowest BCUT2D eigenvalue weighted by Gasteiger charge is -2.24. The SMILES string of the molecule is O=C(N[C@H](Cc1ccccc1)C(=O)N[C@@H](Cc1ccccc1)C(=O)NCCOCCOCCNC(=O)[C@H](Cc1ccccc1)NC(=O)[C@@H](Cc1ccccc1)NC(=O)c1cccc(O)c1O)c1cccc(O)c1O. The lowest BCUT2D eigenvalue weighted by molar-refractivity contribution is -0.130. The molecule has 0 saturated carbocycles. The Hall–Kier alpha value is -8.74. The zero-order chi connectivity index (χ0) is 52.7. The Kier molecular flexibility index (Phi) is 20.9. The molecule has 0 aliphatic rings. The molecule has 0 unspecified atom stereocenters. The van der Waals surface area contributed by atoms with E-state index in [1.165, 1.54) is 36.4 Å². The molecule has 6 amide bonds. The van der Waals surface area contributed by atoms with Crippen LogP contribution in [0.1, 0.15) is 43.0 Å². The van der Waals surface area contributed by atoms with Crippen molar-refractivity contribution in [2.45, 2.75) is 49.9 Å². The van der Waals surface area contributed by atoms with Crippen molar-refractivity contribution < 1.29 is 58.7 Å². The fraction of sp³-hybridized carbons (Fsp3) is 0.250. The van der Waals surface area contributed by atoms with Gasteiger partial charge in [-0.3, -0.25) is 28.8 Å². The summed E-state index contributed by atoms with van der Waals surface area (Å²) in [5.41, 5.74) is 2.52. The minimum atomic E-state index is -1.18. The Morgan fingerprint density at radius 2 is 0.649 bits per heavy atom. The Morgan fingerprint density at radius 3 is 0.959 bits per heavy atom. The third kappa shape index (κ3) is 17.0. The number of aromatic hydroxyl groups is 4. The van der Waals surface area contributed by atoms with Crippen molar-refractivity contribution in [3.05, 3.63) is 191 Å². The molecule has 10 N–H and O–H groups in total. The van der Waals surface area contributed by atoms with Crippen LogP contribution in [-0.2, 0) is 54.3 Å². The highest BCUT2D eigenvalue weighted by Gasteiger charge is 2.30. The highest BCUT2D eigenvalue weighted by Crippen LogP contribution is 2.29. The highest BCUT2D eigenvalue weighted by atomic mass is 16.5. The second-order valence-corrected chi connectivity index (χ2v) is 17.1. The summed E-state index contributed by atoms with van der Waals surface area (Å²) in [6.07, 6.45) is 0.373. The largest absolute Gasteiger partial charge is 0.504 e. The Bertz CT molecular complexity index is 2600. The van der Waals surface area contributed by atoms with Crippen LogP contribution in [0.3, 0.4) is 0 Å². The molecule has 4 atom stereocenters. The summed E-state index contributed by atoms with van der Waals surface area (Å²) in [7, 11) is 0. The van der Waals surface area contributed by atoms with E-state index in [0.29, 0.717) is 0 Å². The van der Waals surface area contributed by atoms with Gasteiger partial charge in [0, 0.05) is 38.8 Å². The zero-order valence-corrected chi connectivity index (χ0v) is 40.4. The molecule has 0 heterocycles. The smallest absolute Gasteiger partial charge is 0.255 e. The Morgan fingerprint density at radius 1 is 0.351 bits per heavy atom. The van der Waals surface area contributed by atoms with Gasteiger partial charge in [-0.15, -0.1) is 0 Å². The van der Waals surface area contributed by atoms with Crippen molar-refractivity contribution in [3.8, 4) is 23.0 Å². The van der Waals surface area contributed by atoms with Crippen molar-refractivity contribution in [1.29, 1.82) is 0 Å². The summed E-state index contributed by atoms with van der Waals surface area (Å²) in [4.78, 5) is 81.7. The molecule has 18 heteroatoms. The molecule has 6 aromatic carbocycles. The number of phenols is 4. The second kappa shape index (κ2) is 28.3. The summed E-state index contributed by atoms with van der Waals surface area (Å²) >= 11 is 0.